The number of hydrogen-bond acceptors (Lipinski definition) is 1. The summed E-state index contributed by atoms with van der Waals surface area (Å²) in [7, 11) is 2.00. The average Bonchev–Trinajstić information content (AvgIpc) is 2.82. The van der Waals surface area contributed by atoms with Crippen LogP contribution in [0.1, 0.15) is 26.3 Å². The van der Waals surface area contributed by atoms with Crippen LogP contribution >= 0.6 is 0 Å². The van der Waals surface area contributed by atoms with Gasteiger partial charge in [-0.25, -0.2) is 4.58 Å². The van der Waals surface area contributed by atoms with Crippen molar-refractivity contribution in [1.82, 2.24) is 0 Å². The Morgan fingerprint density at radius 1 is 1.32 bits per heavy atom. The smallest absolute Gasteiger partial charge is 0.170 e. The fourth-order valence-electron chi connectivity index (χ4n) is 3.44. The second kappa shape index (κ2) is 6.74. The maximum absolute atomic E-state index is 3.83. The number of benzene rings is 1. The predicted molar refractivity (Wildman–Crippen MR) is 107 cm³/mol. The van der Waals surface area contributed by atoms with Crippen molar-refractivity contribution < 1.29 is 4.58 Å². The first-order chi connectivity index (χ1) is 11.9. The molecule has 1 unspecified atom stereocenters. The third-order valence-electron chi connectivity index (χ3n) is 5.02. The van der Waals surface area contributed by atoms with Crippen molar-refractivity contribution in [2.24, 2.45) is 5.92 Å². The van der Waals surface area contributed by atoms with Crippen LogP contribution in [-0.2, 0) is 5.41 Å². The van der Waals surface area contributed by atoms with Crippen LogP contribution in [0.4, 0.5) is 5.69 Å². The van der Waals surface area contributed by atoms with Gasteiger partial charge in [0.15, 0.2) is 12.4 Å². The predicted octanol–water partition coefficient (Wildman–Crippen LogP) is 4.81. The van der Waals surface area contributed by atoms with Crippen molar-refractivity contribution in [2.75, 3.05) is 18.5 Å². The Bertz CT molecular complexity index is 843. The van der Waals surface area contributed by atoms with Crippen molar-refractivity contribution in [1.29, 1.82) is 0 Å². The van der Waals surface area contributed by atoms with Gasteiger partial charge in [-0.3, -0.25) is 0 Å². The van der Waals surface area contributed by atoms with Crippen LogP contribution in [0.5, 0.6) is 0 Å². The lowest BCUT2D eigenvalue weighted by Crippen LogP contribution is -2.28. The summed E-state index contributed by atoms with van der Waals surface area (Å²) < 4.78 is 1.98. The molecule has 1 atom stereocenters. The Balaban J connectivity index is 2.07. The van der Waals surface area contributed by atoms with E-state index in [-0.39, 0.29) is 5.41 Å². The average molecular weight is 331 g/mol. The number of hydrogen-bond donors (Lipinski definition) is 0. The summed E-state index contributed by atoms with van der Waals surface area (Å²) in [6.45, 7) is 11.4. The Kier molecular flexibility index (Phi) is 4.65. The lowest BCUT2D eigenvalue weighted by Gasteiger charge is -2.27. The molecule has 0 saturated carbocycles. The minimum atomic E-state index is -0.0367. The summed E-state index contributed by atoms with van der Waals surface area (Å²) in [5.41, 5.74) is 8.58. The Labute approximate surface area is 151 Å². The van der Waals surface area contributed by atoms with E-state index < -0.39 is 0 Å². The van der Waals surface area contributed by atoms with Crippen molar-refractivity contribution in [2.45, 2.75) is 26.2 Å². The molecule has 1 aromatic rings. The highest BCUT2D eigenvalue weighted by molar-refractivity contribution is 5.78. The van der Waals surface area contributed by atoms with E-state index in [0.717, 1.165) is 6.54 Å². The van der Waals surface area contributed by atoms with Gasteiger partial charge in [0.05, 0.1) is 6.54 Å². The van der Waals surface area contributed by atoms with Gasteiger partial charge in [0, 0.05) is 28.4 Å². The highest BCUT2D eigenvalue weighted by Crippen LogP contribution is 2.47. The fraction of sp³-hybridized carbons (Fsp3) is 0.304. The molecule has 0 aromatic heterocycles. The second-order valence-electron chi connectivity index (χ2n) is 7.33. The summed E-state index contributed by atoms with van der Waals surface area (Å²) in [5, 5.41) is 0. The Morgan fingerprint density at radius 2 is 2.08 bits per heavy atom. The Hall–Kier alpha value is -2.57. The van der Waals surface area contributed by atoms with Gasteiger partial charge in [-0.05, 0) is 30.2 Å². The molecular weight excluding hydrogens is 304 g/mol. The van der Waals surface area contributed by atoms with E-state index in [4.69, 9.17) is 0 Å². The number of anilines is 1. The minimum Gasteiger partial charge on any atom is -0.339 e. The zero-order valence-corrected chi connectivity index (χ0v) is 15.7. The number of nitrogens with zero attached hydrogens (tertiary/aromatic N) is 2. The van der Waals surface area contributed by atoms with Gasteiger partial charge < -0.3 is 4.90 Å². The van der Waals surface area contributed by atoms with Crippen LogP contribution in [0.25, 0.3) is 0 Å². The Morgan fingerprint density at radius 3 is 2.76 bits per heavy atom. The largest absolute Gasteiger partial charge is 0.339 e. The molecule has 128 valence electrons. The van der Waals surface area contributed by atoms with Crippen molar-refractivity contribution in [3.63, 3.8) is 0 Å². The number of para-hydroxylation sites is 1. The number of rotatable bonds is 4. The van der Waals surface area contributed by atoms with Gasteiger partial charge in [-0.15, -0.1) is 5.73 Å². The molecule has 0 bridgehead atoms. The van der Waals surface area contributed by atoms with E-state index >= 15 is 0 Å². The quantitative estimate of drug-likeness (QED) is 0.436. The maximum Gasteiger partial charge on any atom is 0.170 e. The first kappa shape index (κ1) is 17.3. The summed E-state index contributed by atoms with van der Waals surface area (Å²) in [6.07, 6.45) is 12.7. The van der Waals surface area contributed by atoms with Crippen LogP contribution < -0.4 is 4.90 Å². The molecule has 1 aliphatic heterocycles. The molecule has 0 N–H and O–H groups in total. The molecule has 1 aliphatic carbocycles. The van der Waals surface area contributed by atoms with E-state index in [9.17, 15) is 0 Å². The molecule has 25 heavy (non-hydrogen) atoms. The molecule has 2 aliphatic rings. The molecule has 1 heterocycles. The van der Waals surface area contributed by atoms with Crippen LogP contribution in [0.15, 0.2) is 78.3 Å². The molecule has 3 rings (SSSR count). The summed E-state index contributed by atoms with van der Waals surface area (Å²) in [6, 6.07) is 8.70. The van der Waals surface area contributed by atoms with E-state index in [1.807, 2.05) is 17.8 Å². The van der Waals surface area contributed by atoms with Crippen molar-refractivity contribution >= 4 is 11.9 Å². The van der Waals surface area contributed by atoms with Gasteiger partial charge >= 0.3 is 0 Å². The standard InChI is InChI=1S/C23H27N2/c1-6-24(5)16-15-22-23(3,4)20-9-7-8-10-21(20)25(22)17-19-13-11-18(2)12-14-19/h6-13,15-16,18H,1,17H2,2-5H3/q+1. The lowest BCUT2D eigenvalue weighted by molar-refractivity contribution is -0.415. The number of fused-ring (bicyclic) bond motifs is 1. The van der Waals surface area contributed by atoms with E-state index in [1.165, 1.54) is 22.5 Å². The van der Waals surface area contributed by atoms with Gasteiger partial charge in [0.1, 0.15) is 7.05 Å². The molecule has 0 radical (unpaired) electrons. The van der Waals surface area contributed by atoms with E-state index in [2.05, 4.69) is 92.8 Å². The third-order valence-corrected chi connectivity index (χ3v) is 5.02. The fourth-order valence-corrected chi connectivity index (χ4v) is 3.44. The van der Waals surface area contributed by atoms with Gasteiger partial charge in [0.25, 0.3) is 0 Å². The first-order valence-electron chi connectivity index (χ1n) is 8.84. The van der Waals surface area contributed by atoms with Crippen LogP contribution in [0, 0.1) is 5.92 Å². The number of allylic oxidation sites excluding steroid dienone is 3. The van der Waals surface area contributed by atoms with Crippen molar-refractivity contribution in [3.8, 4) is 0 Å². The third kappa shape index (κ3) is 3.31. The molecule has 0 amide bonds. The summed E-state index contributed by atoms with van der Waals surface area (Å²) >= 11 is 0. The van der Waals surface area contributed by atoms with Gasteiger partial charge in [-0.2, -0.15) is 0 Å². The van der Waals surface area contributed by atoms with E-state index in [0.29, 0.717) is 5.92 Å². The normalized spacial score (nSPS) is 23.0. The van der Waals surface area contributed by atoms with Gasteiger partial charge in [0.2, 0.25) is 0 Å². The monoisotopic (exact) mass is 331 g/mol. The summed E-state index contributed by atoms with van der Waals surface area (Å²) in [4.78, 5) is 2.42. The van der Waals surface area contributed by atoms with E-state index in [1.54, 1.807) is 0 Å². The molecule has 2 heteroatoms. The minimum absolute atomic E-state index is 0.0367. The summed E-state index contributed by atoms with van der Waals surface area (Å²) in [5.74, 6) is 0.468. The van der Waals surface area contributed by atoms with Crippen molar-refractivity contribution in [3.05, 3.63) is 83.9 Å². The highest BCUT2D eigenvalue weighted by Gasteiger charge is 2.39. The topological polar surface area (TPSA) is 6.25 Å². The van der Waals surface area contributed by atoms with Crippen LogP contribution in [0.2, 0.25) is 0 Å². The first-order valence-corrected chi connectivity index (χ1v) is 8.84. The van der Waals surface area contributed by atoms with Crippen LogP contribution in [0.3, 0.4) is 0 Å². The maximum atomic E-state index is 3.83. The van der Waals surface area contributed by atoms with Gasteiger partial charge in [-0.1, -0.05) is 51.1 Å². The molecular formula is C23H27N2+. The molecule has 1 aromatic carbocycles. The SMILES string of the molecule is C=C[N+](C)=CC=C1N(CC2=C=CC(C)C=C2)c2ccccc2C1(C)C. The second-order valence-corrected chi connectivity index (χ2v) is 7.33. The molecule has 2 nitrogen and oxygen atoms in total. The molecule has 0 fully saturated rings. The molecule has 0 spiro atoms. The lowest BCUT2D eigenvalue weighted by atomic mass is 9.84. The molecule has 0 saturated heterocycles. The van der Waals surface area contributed by atoms with Crippen LogP contribution in [-0.4, -0.2) is 24.4 Å². The highest BCUT2D eigenvalue weighted by atomic mass is 15.2. The zero-order valence-electron chi connectivity index (χ0n) is 15.7. The zero-order chi connectivity index (χ0) is 18.0.